The lowest BCUT2D eigenvalue weighted by Crippen LogP contribution is -2.14. The Hall–Kier alpha value is -1.72. The zero-order chi connectivity index (χ0) is 14.0. The van der Waals surface area contributed by atoms with Crippen LogP contribution in [0.4, 0.5) is 11.4 Å². The van der Waals surface area contributed by atoms with E-state index in [-0.39, 0.29) is 4.90 Å². The number of nitrogens with one attached hydrogen (secondary N) is 1. The lowest BCUT2D eigenvalue weighted by Gasteiger charge is -2.11. The van der Waals surface area contributed by atoms with Gasteiger partial charge in [-0.05, 0) is 42.8 Å². The van der Waals surface area contributed by atoms with Crippen molar-refractivity contribution in [3.63, 3.8) is 0 Å². The number of aryl methyl sites for hydroxylation is 1. The lowest BCUT2D eigenvalue weighted by atomic mass is 10.2. The Morgan fingerprint density at radius 1 is 1.16 bits per heavy atom. The fourth-order valence-corrected chi connectivity index (χ4v) is 2.94. The minimum absolute atomic E-state index is 0.117. The first kappa shape index (κ1) is 13.7. The Labute approximate surface area is 117 Å². The maximum Gasteiger partial charge on any atom is 0.261 e. The lowest BCUT2D eigenvalue weighted by molar-refractivity contribution is 0.601. The molecule has 0 fully saturated rings. The number of anilines is 2. The molecule has 0 atom stereocenters. The van der Waals surface area contributed by atoms with E-state index in [1.807, 2.05) is 0 Å². The largest absolute Gasteiger partial charge is 0.399 e. The standard InChI is InChI=1S/C13H13ClN2O2S/c1-9-5-6-10(14)7-13(9)16-19(17,18)12-4-2-3-11(15)8-12/h2-8,16H,15H2,1H3. The quantitative estimate of drug-likeness (QED) is 0.855. The van der Waals surface area contributed by atoms with Gasteiger partial charge in [0.1, 0.15) is 0 Å². The Balaban J connectivity index is 2.39. The van der Waals surface area contributed by atoms with Gasteiger partial charge in [-0.3, -0.25) is 4.72 Å². The summed E-state index contributed by atoms with van der Waals surface area (Å²) in [6, 6.07) is 11.1. The Kier molecular flexibility index (Phi) is 3.68. The SMILES string of the molecule is Cc1ccc(Cl)cc1NS(=O)(=O)c1cccc(N)c1. The van der Waals surface area contributed by atoms with Crippen LogP contribution in [0.5, 0.6) is 0 Å². The van der Waals surface area contributed by atoms with E-state index in [0.717, 1.165) is 5.56 Å². The molecular weight excluding hydrogens is 284 g/mol. The van der Waals surface area contributed by atoms with Crippen LogP contribution in [0.3, 0.4) is 0 Å². The number of hydrogen-bond donors (Lipinski definition) is 2. The van der Waals surface area contributed by atoms with Crippen LogP contribution < -0.4 is 10.5 Å². The second kappa shape index (κ2) is 5.11. The first-order valence-electron chi connectivity index (χ1n) is 5.53. The smallest absolute Gasteiger partial charge is 0.261 e. The maximum atomic E-state index is 12.2. The van der Waals surface area contributed by atoms with Gasteiger partial charge < -0.3 is 5.73 Å². The number of rotatable bonds is 3. The molecule has 0 saturated carbocycles. The molecule has 0 aliphatic rings. The van der Waals surface area contributed by atoms with Crippen molar-refractivity contribution in [3.05, 3.63) is 53.1 Å². The van der Waals surface area contributed by atoms with Crippen LogP contribution in [-0.2, 0) is 10.0 Å². The number of sulfonamides is 1. The molecular formula is C13H13ClN2O2S. The summed E-state index contributed by atoms with van der Waals surface area (Å²) in [6.07, 6.45) is 0. The first-order chi connectivity index (χ1) is 8.88. The third-order valence-corrected chi connectivity index (χ3v) is 4.21. The van der Waals surface area contributed by atoms with Crippen LogP contribution in [0.2, 0.25) is 5.02 Å². The molecule has 0 aliphatic heterocycles. The minimum atomic E-state index is -3.66. The van der Waals surface area contributed by atoms with Crippen LogP contribution in [0, 0.1) is 6.92 Å². The molecule has 2 aromatic rings. The molecule has 0 unspecified atom stereocenters. The molecule has 0 aliphatic carbocycles. The summed E-state index contributed by atoms with van der Waals surface area (Å²) in [4.78, 5) is 0.117. The average Bonchev–Trinajstić information content (AvgIpc) is 2.33. The van der Waals surface area contributed by atoms with Crippen LogP contribution in [0.25, 0.3) is 0 Å². The van der Waals surface area contributed by atoms with Gasteiger partial charge in [-0.25, -0.2) is 8.42 Å². The molecule has 0 saturated heterocycles. The third kappa shape index (κ3) is 3.19. The number of benzene rings is 2. The van der Waals surface area contributed by atoms with E-state index in [2.05, 4.69) is 4.72 Å². The van der Waals surface area contributed by atoms with Crippen molar-refractivity contribution < 1.29 is 8.42 Å². The second-order valence-electron chi connectivity index (χ2n) is 4.14. The molecule has 0 radical (unpaired) electrons. The molecule has 0 amide bonds. The van der Waals surface area contributed by atoms with Crippen molar-refractivity contribution in [2.45, 2.75) is 11.8 Å². The zero-order valence-electron chi connectivity index (χ0n) is 10.2. The van der Waals surface area contributed by atoms with Gasteiger partial charge in [-0.15, -0.1) is 0 Å². The minimum Gasteiger partial charge on any atom is -0.399 e. The number of hydrogen-bond acceptors (Lipinski definition) is 3. The Morgan fingerprint density at radius 3 is 2.58 bits per heavy atom. The summed E-state index contributed by atoms with van der Waals surface area (Å²) in [5.41, 5.74) is 7.23. The Bertz CT molecular complexity index is 714. The molecule has 100 valence electrons. The van der Waals surface area contributed by atoms with E-state index in [1.54, 1.807) is 37.3 Å². The predicted octanol–water partition coefficient (Wildman–Crippen LogP) is 3.03. The summed E-state index contributed by atoms with van der Waals surface area (Å²) in [5, 5.41) is 0.468. The van der Waals surface area contributed by atoms with E-state index in [0.29, 0.717) is 16.4 Å². The average molecular weight is 297 g/mol. The van der Waals surface area contributed by atoms with Gasteiger partial charge >= 0.3 is 0 Å². The van der Waals surface area contributed by atoms with Crippen LogP contribution in [0.15, 0.2) is 47.4 Å². The van der Waals surface area contributed by atoms with Gasteiger partial charge in [-0.1, -0.05) is 23.7 Å². The molecule has 0 spiro atoms. The zero-order valence-corrected chi connectivity index (χ0v) is 11.8. The molecule has 0 bridgehead atoms. The fraction of sp³-hybridized carbons (Fsp3) is 0.0769. The topological polar surface area (TPSA) is 72.2 Å². The molecule has 6 heteroatoms. The van der Waals surface area contributed by atoms with Crippen molar-refractivity contribution in [2.24, 2.45) is 0 Å². The summed E-state index contributed by atoms with van der Waals surface area (Å²) < 4.78 is 26.9. The van der Waals surface area contributed by atoms with Crippen molar-refractivity contribution in [2.75, 3.05) is 10.5 Å². The van der Waals surface area contributed by atoms with Gasteiger partial charge in [0.05, 0.1) is 10.6 Å². The molecule has 2 rings (SSSR count). The van der Waals surface area contributed by atoms with Crippen molar-refractivity contribution in [1.29, 1.82) is 0 Å². The third-order valence-electron chi connectivity index (χ3n) is 2.61. The highest BCUT2D eigenvalue weighted by molar-refractivity contribution is 7.92. The molecule has 2 aromatic carbocycles. The Morgan fingerprint density at radius 2 is 1.89 bits per heavy atom. The highest BCUT2D eigenvalue weighted by Crippen LogP contribution is 2.23. The van der Waals surface area contributed by atoms with Gasteiger partial charge in [0.2, 0.25) is 0 Å². The normalized spacial score (nSPS) is 11.3. The monoisotopic (exact) mass is 296 g/mol. The molecule has 4 nitrogen and oxygen atoms in total. The van der Waals surface area contributed by atoms with Crippen molar-refractivity contribution in [3.8, 4) is 0 Å². The van der Waals surface area contributed by atoms with Crippen LogP contribution in [0.1, 0.15) is 5.56 Å². The van der Waals surface area contributed by atoms with Crippen LogP contribution in [-0.4, -0.2) is 8.42 Å². The second-order valence-corrected chi connectivity index (χ2v) is 6.26. The highest BCUT2D eigenvalue weighted by Gasteiger charge is 2.15. The van der Waals surface area contributed by atoms with Gasteiger partial charge in [0.15, 0.2) is 0 Å². The highest BCUT2D eigenvalue weighted by atomic mass is 35.5. The molecule has 0 heterocycles. The maximum absolute atomic E-state index is 12.2. The number of halogens is 1. The summed E-state index contributed by atoms with van der Waals surface area (Å²) >= 11 is 5.86. The van der Waals surface area contributed by atoms with E-state index >= 15 is 0 Å². The first-order valence-corrected chi connectivity index (χ1v) is 7.39. The van der Waals surface area contributed by atoms with Gasteiger partial charge in [-0.2, -0.15) is 0 Å². The van der Waals surface area contributed by atoms with E-state index in [4.69, 9.17) is 17.3 Å². The van der Waals surface area contributed by atoms with E-state index in [1.165, 1.54) is 12.1 Å². The summed E-state index contributed by atoms with van der Waals surface area (Å²) in [5.74, 6) is 0. The number of nitrogen functional groups attached to an aromatic ring is 1. The van der Waals surface area contributed by atoms with Crippen molar-refractivity contribution in [1.82, 2.24) is 0 Å². The molecule has 0 aromatic heterocycles. The van der Waals surface area contributed by atoms with Crippen LogP contribution >= 0.6 is 11.6 Å². The summed E-state index contributed by atoms with van der Waals surface area (Å²) in [6.45, 7) is 1.80. The van der Waals surface area contributed by atoms with Crippen molar-refractivity contribution >= 4 is 33.0 Å². The fourth-order valence-electron chi connectivity index (χ4n) is 1.59. The predicted molar refractivity (Wildman–Crippen MR) is 77.9 cm³/mol. The number of nitrogens with two attached hydrogens (primary N) is 1. The van der Waals surface area contributed by atoms with E-state index in [9.17, 15) is 8.42 Å². The van der Waals surface area contributed by atoms with E-state index < -0.39 is 10.0 Å². The van der Waals surface area contributed by atoms with Gasteiger partial charge in [0, 0.05) is 10.7 Å². The summed E-state index contributed by atoms with van der Waals surface area (Å²) in [7, 11) is -3.66. The molecule has 3 N–H and O–H groups in total. The molecule has 19 heavy (non-hydrogen) atoms. The van der Waals surface area contributed by atoms with Gasteiger partial charge in [0.25, 0.3) is 10.0 Å².